The summed E-state index contributed by atoms with van der Waals surface area (Å²) in [5, 5.41) is 17.0. The number of carboxylic acid groups (broad SMARTS) is 1. The first-order chi connectivity index (χ1) is 11.1. The summed E-state index contributed by atoms with van der Waals surface area (Å²) in [6.07, 6.45) is 3.92. The zero-order chi connectivity index (χ0) is 16.2. The maximum absolute atomic E-state index is 11.1. The van der Waals surface area contributed by atoms with E-state index < -0.39 is 5.97 Å². The van der Waals surface area contributed by atoms with Crippen molar-refractivity contribution in [2.24, 2.45) is 11.0 Å². The number of piperidine rings is 3. The third-order valence-corrected chi connectivity index (χ3v) is 4.74. The number of benzene rings is 1. The number of carboxylic acids is 1. The molecular weight excluding hydrogens is 312 g/mol. The summed E-state index contributed by atoms with van der Waals surface area (Å²) < 4.78 is 0. The monoisotopic (exact) mass is 332 g/mol. The fraction of sp³-hybridized carbons (Fsp3) is 0.438. The van der Waals surface area contributed by atoms with Gasteiger partial charge in [0.15, 0.2) is 5.11 Å². The molecule has 3 N–H and O–H groups in total. The van der Waals surface area contributed by atoms with Gasteiger partial charge >= 0.3 is 5.97 Å². The zero-order valence-corrected chi connectivity index (χ0v) is 13.6. The van der Waals surface area contributed by atoms with E-state index >= 15 is 0 Å². The molecule has 3 aliphatic heterocycles. The number of carbonyl (C=O) groups is 1. The third kappa shape index (κ3) is 3.86. The number of nitrogens with one attached hydrogen (secondary N) is 2. The van der Waals surface area contributed by atoms with E-state index in [0.29, 0.717) is 22.6 Å². The second kappa shape index (κ2) is 7.06. The van der Waals surface area contributed by atoms with Crippen LogP contribution < -0.4 is 10.7 Å². The SMILES string of the molecule is O=C(O)c1ccccc1C=NNC(=S)NC1CN2CCC1CC2. The largest absolute Gasteiger partial charge is 0.478 e. The first-order valence-electron chi connectivity index (χ1n) is 7.78. The van der Waals surface area contributed by atoms with E-state index in [9.17, 15) is 4.79 Å². The Bertz CT molecular complexity index is 626. The molecule has 0 aromatic heterocycles. The van der Waals surface area contributed by atoms with Gasteiger partial charge in [-0.3, -0.25) is 5.43 Å². The molecule has 3 aliphatic rings. The summed E-state index contributed by atoms with van der Waals surface area (Å²) in [6.45, 7) is 3.40. The zero-order valence-electron chi connectivity index (χ0n) is 12.7. The van der Waals surface area contributed by atoms with Crippen LogP contribution in [-0.2, 0) is 0 Å². The van der Waals surface area contributed by atoms with Gasteiger partial charge in [-0.25, -0.2) is 4.79 Å². The molecule has 0 saturated carbocycles. The van der Waals surface area contributed by atoms with E-state index in [1.807, 2.05) is 0 Å². The second-order valence-corrected chi connectivity index (χ2v) is 6.39. The van der Waals surface area contributed by atoms with E-state index in [1.54, 1.807) is 24.3 Å². The van der Waals surface area contributed by atoms with Crippen molar-refractivity contribution in [3.05, 3.63) is 35.4 Å². The van der Waals surface area contributed by atoms with Gasteiger partial charge in [-0.1, -0.05) is 18.2 Å². The molecule has 4 rings (SSSR count). The summed E-state index contributed by atoms with van der Waals surface area (Å²) in [5.41, 5.74) is 3.54. The Balaban J connectivity index is 1.54. The average molecular weight is 332 g/mol. The molecule has 2 bridgehead atoms. The maximum atomic E-state index is 11.1. The smallest absolute Gasteiger partial charge is 0.336 e. The molecule has 1 atom stereocenters. The Labute approximate surface area is 140 Å². The summed E-state index contributed by atoms with van der Waals surface area (Å²) in [5.74, 6) is -0.295. The van der Waals surface area contributed by atoms with Crippen LogP contribution >= 0.6 is 12.2 Å². The van der Waals surface area contributed by atoms with Crippen molar-refractivity contribution in [3.8, 4) is 0 Å². The molecule has 3 heterocycles. The number of hydrazone groups is 1. The molecule has 1 unspecified atom stereocenters. The quantitative estimate of drug-likeness (QED) is 0.438. The molecule has 0 radical (unpaired) electrons. The minimum absolute atomic E-state index is 0.217. The van der Waals surface area contributed by atoms with Crippen LogP contribution in [0.4, 0.5) is 0 Å². The topological polar surface area (TPSA) is 77.0 Å². The highest BCUT2D eigenvalue weighted by Crippen LogP contribution is 2.27. The highest BCUT2D eigenvalue weighted by Gasteiger charge is 2.34. The van der Waals surface area contributed by atoms with Gasteiger partial charge in [0.2, 0.25) is 0 Å². The second-order valence-electron chi connectivity index (χ2n) is 5.98. The number of fused-ring (bicyclic) bond motifs is 3. The van der Waals surface area contributed by atoms with Gasteiger partial charge in [0.25, 0.3) is 0 Å². The van der Waals surface area contributed by atoms with Crippen molar-refractivity contribution >= 4 is 29.5 Å². The van der Waals surface area contributed by atoms with Crippen molar-refractivity contribution in [2.45, 2.75) is 18.9 Å². The highest BCUT2D eigenvalue weighted by molar-refractivity contribution is 7.80. The highest BCUT2D eigenvalue weighted by atomic mass is 32.1. The molecule has 6 nitrogen and oxygen atoms in total. The van der Waals surface area contributed by atoms with Gasteiger partial charge in [0.05, 0.1) is 11.8 Å². The van der Waals surface area contributed by atoms with Gasteiger partial charge in [0, 0.05) is 18.2 Å². The van der Waals surface area contributed by atoms with E-state index in [4.69, 9.17) is 17.3 Å². The van der Waals surface area contributed by atoms with Crippen molar-refractivity contribution in [2.75, 3.05) is 19.6 Å². The Kier molecular flexibility index (Phi) is 4.88. The number of rotatable bonds is 4. The average Bonchev–Trinajstić information content (AvgIpc) is 2.56. The molecule has 122 valence electrons. The molecule has 1 aromatic rings. The van der Waals surface area contributed by atoms with Gasteiger partial charge in [-0.15, -0.1) is 0 Å². The van der Waals surface area contributed by atoms with Crippen molar-refractivity contribution in [1.82, 2.24) is 15.6 Å². The van der Waals surface area contributed by atoms with Crippen LogP contribution in [0.2, 0.25) is 0 Å². The van der Waals surface area contributed by atoms with Gasteiger partial charge in [-0.05, 0) is 50.1 Å². The van der Waals surface area contributed by atoms with Crippen LogP contribution in [0.3, 0.4) is 0 Å². The van der Waals surface area contributed by atoms with Crippen LogP contribution in [0.15, 0.2) is 29.4 Å². The maximum Gasteiger partial charge on any atom is 0.336 e. The number of hydrogen-bond acceptors (Lipinski definition) is 4. The predicted molar refractivity (Wildman–Crippen MR) is 92.8 cm³/mol. The minimum Gasteiger partial charge on any atom is -0.478 e. The Morgan fingerprint density at radius 1 is 1.35 bits per heavy atom. The van der Waals surface area contributed by atoms with E-state index in [1.165, 1.54) is 32.1 Å². The molecule has 0 aliphatic carbocycles. The summed E-state index contributed by atoms with van der Waals surface area (Å²) in [6, 6.07) is 7.09. The number of hydrogen-bond donors (Lipinski definition) is 3. The molecule has 1 aromatic carbocycles. The van der Waals surface area contributed by atoms with Crippen LogP contribution in [0.1, 0.15) is 28.8 Å². The van der Waals surface area contributed by atoms with Gasteiger partial charge < -0.3 is 15.3 Å². The van der Waals surface area contributed by atoms with Crippen molar-refractivity contribution in [1.29, 1.82) is 0 Å². The predicted octanol–water partition coefficient (Wildman–Crippen LogP) is 1.28. The summed E-state index contributed by atoms with van der Waals surface area (Å²) in [4.78, 5) is 13.6. The molecular formula is C16H20N4O2S. The van der Waals surface area contributed by atoms with Crippen LogP contribution in [0.25, 0.3) is 0 Å². The molecule has 7 heteroatoms. The lowest BCUT2D eigenvalue weighted by molar-refractivity contribution is 0.0697. The fourth-order valence-corrected chi connectivity index (χ4v) is 3.50. The van der Waals surface area contributed by atoms with Crippen LogP contribution in [0, 0.1) is 5.92 Å². The number of nitrogens with zero attached hydrogens (tertiary/aromatic N) is 2. The molecule has 0 spiro atoms. The minimum atomic E-state index is -0.972. The van der Waals surface area contributed by atoms with Gasteiger partial charge in [0.1, 0.15) is 0 Å². The lowest BCUT2D eigenvalue weighted by atomic mass is 9.84. The van der Waals surface area contributed by atoms with Crippen LogP contribution in [0.5, 0.6) is 0 Å². The van der Waals surface area contributed by atoms with Crippen LogP contribution in [-0.4, -0.2) is 53.0 Å². The van der Waals surface area contributed by atoms with E-state index in [-0.39, 0.29) is 5.56 Å². The van der Waals surface area contributed by atoms with E-state index in [0.717, 1.165) is 6.54 Å². The summed E-state index contributed by atoms with van der Waals surface area (Å²) in [7, 11) is 0. The third-order valence-electron chi connectivity index (χ3n) is 4.53. The molecule has 0 amide bonds. The summed E-state index contributed by atoms with van der Waals surface area (Å²) >= 11 is 5.28. The Morgan fingerprint density at radius 2 is 2.09 bits per heavy atom. The lowest BCUT2D eigenvalue weighted by Crippen LogP contribution is -2.58. The first kappa shape index (κ1) is 15.9. The molecule has 23 heavy (non-hydrogen) atoms. The lowest BCUT2D eigenvalue weighted by Gasteiger charge is -2.45. The Morgan fingerprint density at radius 3 is 2.74 bits per heavy atom. The van der Waals surface area contributed by atoms with Crippen molar-refractivity contribution in [3.63, 3.8) is 0 Å². The van der Waals surface area contributed by atoms with Crippen molar-refractivity contribution < 1.29 is 9.90 Å². The first-order valence-corrected chi connectivity index (χ1v) is 8.18. The fourth-order valence-electron chi connectivity index (χ4n) is 3.29. The number of thiocarbonyl (C=S) groups is 1. The molecule has 3 saturated heterocycles. The van der Waals surface area contributed by atoms with E-state index in [2.05, 4.69) is 20.7 Å². The normalized spacial score (nSPS) is 26.2. The standard InChI is InChI=1S/C16H20N4O2S/c21-15(22)13-4-2-1-3-12(13)9-17-19-16(23)18-14-10-20-7-5-11(14)6-8-20/h1-4,9,11,14H,5-8,10H2,(H,21,22)(H2,18,19,23). The number of aromatic carboxylic acids is 1. The molecule has 3 fully saturated rings. The van der Waals surface area contributed by atoms with Gasteiger partial charge in [-0.2, -0.15) is 5.10 Å². The Hall–Kier alpha value is -1.99.